The first kappa shape index (κ1) is 13.5. The van der Waals surface area contributed by atoms with Gasteiger partial charge in [0.15, 0.2) is 5.57 Å². The Morgan fingerprint density at radius 1 is 1.21 bits per heavy atom. The van der Waals surface area contributed by atoms with Crippen LogP contribution in [0.1, 0.15) is 5.56 Å². The molecule has 2 rings (SSSR count). The average Bonchev–Trinajstić information content (AvgIpc) is 2.78. The van der Waals surface area contributed by atoms with Gasteiger partial charge in [0, 0.05) is 29.7 Å². The molecule has 0 aromatic heterocycles. The molecule has 1 aliphatic heterocycles. The number of rotatable bonds is 2. The molecule has 0 atom stereocenters. The highest BCUT2D eigenvalue weighted by Gasteiger charge is 2.21. The van der Waals surface area contributed by atoms with E-state index in [0.29, 0.717) is 29.0 Å². The van der Waals surface area contributed by atoms with Crippen molar-refractivity contribution in [2.75, 3.05) is 13.1 Å². The molecular weight excluding hydrogens is 283 g/mol. The average molecular weight is 293 g/mol. The maximum atomic E-state index is 8.92. The predicted molar refractivity (Wildman–Crippen MR) is 73.1 cm³/mol. The molecule has 1 fully saturated rings. The Balaban J connectivity index is 2.26. The fourth-order valence-electron chi connectivity index (χ4n) is 1.99. The second-order valence-corrected chi connectivity index (χ2v) is 4.95. The molecule has 1 aromatic rings. The minimum absolute atomic E-state index is 0.0885. The topological polar surface area (TPSA) is 62.9 Å². The van der Waals surface area contributed by atoms with Gasteiger partial charge in [0.2, 0.25) is 0 Å². The van der Waals surface area contributed by atoms with Crippen LogP contribution < -0.4 is 5.32 Å². The molecule has 0 unspecified atom stereocenters. The summed E-state index contributed by atoms with van der Waals surface area (Å²) in [7, 11) is 0. The molecule has 0 bridgehead atoms. The third-order valence-corrected chi connectivity index (χ3v) is 3.18. The van der Waals surface area contributed by atoms with E-state index in [2.05, 4.69) is 5.32 Å². The van der Waals surface area contributed by atoms with Crippen LogP contribution in [0.5, 0.6) is 0 Å². The van der Waals surface area contributed by atoms with E-state index in [-0.39, 0.29) is 5.57 Å². The van der Waals surface area contributed by atoms with Gasteiger partial charge in [-0.2, -0.15) is 10.5 Å². The first-order valence-electron chi connectivity index (χ1n) is 5.62. The normalized spacial score (nSPS) is 13.7. The van der Waals surface area contributed by atoms with E-state index in [9.17, 15) is 0 Å². The summed E-state index contributed by atoms with van der Waals surface area (Å²) in [5.41, 5.74) is 1.03. The Bertz CT molecular complexity index is 574. The Labute approximate surface area is 121 Å². The number of hydrogen-bond donors (Lipinski definition) is 1. The molecule has 0 spiro atoms. The van der Waals surface area contributed by atoms with Gasteiger partial charge in [-0.1, -0.05) is 23.2 Å². The van der Waals surface area contributed by atoms with Crippen molar-refractivity contribution in [3.63, 3.8) is 0 Å². The molecule has 1 aromatic carbocycles. The Morgan fingerprint density at radius 3 is 2.42 bits per heavy atom. The van der Waals surface area contributed by atoms with Crippen LogP contribution in [0.15, 0.2) is 29.6 Å². The maximum absolute atomic E-state index is 8.92. The Kier molecular flexibility index (Phi) is 4.16. The zero-order valence-electron chi connectivity index (χ0n) is 9.95. The summed E-state index contributed by atoms with van der Waals surface area (Å²) >= 11 is 11.9. The summed E-state index contributed by atoms with van der Waals surface area (Å²) in [5.74, 6) is 0.570. The zero-order chi connectivity index (χ0) is 13.8. The number of nitrogens with zero attached hydrogens (tertiary/aromatic N) is 3. The predicted octanol–water partition coefficient (Wildman–Crippen LogP) is 2.66. The summed E-state index contributed by atoms with van der Waals surface area (Å²) < 4.78 is 0. The molecule has 1 N–H and O–H groups in total. The van der Waals surface area contributed by atoms with Crippen molar-refractivity contribution < 1.29 is 0 Å². The lowest BCUT2D eigenvalue weighted by Crippen LogP contribution is -2.21. The van der Waals surface area contributed by atoms with Crippen molar-refractivity contribution in [1.82, 2.24) is 10.2 Å². The molecular formula is C13H10Cl2N4. The number of nitriles is 2. The van der Waals surface area contributed by atoms with Crippen molar-refractivity contribution >= 4 is 23.2 Å². The second kappa shape index (κ2) is 5.84. The lowest BCUT2D eigenvalue weighted by Gasteiger charge is -2.19. The summed E-state index contributed by atoms with van der Waals surface area (Å²) in [6.07, 6.45) is 0. The maximum Gasteiger partial charge on any atom is 0.169 e. The standard InChI is InChI=1S/C13H10Cl2N4/c14-11-3-9(4-12(15)5-11)8-19-2-1-18-13(19)10(6-16)7-17/h3-5,18H,1-2,8H2. The number of allylic oxidation sites excluding steroid dienone is 1. The van der Waals surface area contributed by atoms with E-state index in [1.807, 2.05) is 29.2 Å². The van der Waals surface area contributed by atoms with Gasteiger partial charge in [-0.3, -0.25) is 0 Å². The molecule has 0 saturated carbocycles. The lowest BCUT2D eigenvalue weighted by atomic mass is 10.2. The van der Waals surface area contributed by atoms with Crippen LogP contribution in [0.3, 0.4) is 0 Å². The van der Waals surface area contributed by atoms with E-state index < -0.39 is 0 Å². The molecule has 4 nitrogen and oxygen atoms in total. The van der Waals surface area contributed by atoms with E-state index in [1.54, 1.807) is 6.07 Å². The molecule has 1 saturated heterocycles. The van der Waals surface area contributed by atoms with Gasteiger partial charge in [-0.05, 0) is 23.8 Å². The van der Waals surface area contributed by atoms with Crippen LogP contribution in [0.25, 0.3) is 0 Å². The molecule has 0 aliphatic carbocycles. The fourth-order valence-corrected chi connectivity index (χ4v) is 2.56. The van der Waals surface area contributed by atoms with Crippen LogP contribution in [-0.2, 0) is 6.54 Å². The summed E-state index contributed by atoms with van der Waals surface area (Å²) in [6.45, 7) is 1.98. The third-order valence-electron chi connectivity index (χ3n) is 2.75. The van der Waals surface area contributed by atoms with Crippen molar-refractivity contribution in [2.24, 2.45) is 0 Å². The fraction of sp³-hybridized carbons (Fsp3) is 0.231. The quantitative estimate of drug-likeness (QED) is 0.851. The van der Waals surface area contributed by atoms with Crippen LogP contribution >= 0.6 is 23.2 Å². The number of benzene rings is 1. The molecule has 6 heteroatoms. The molecule has 1 aliphatic rings. The Hall–Kier alpha value is -1.88. The largest absolute Gasteiger partial charge is 0.368 e. The van der Waals surface area contributed by atoms with Gasteiger partial charge in [0.25, 0.3) is 0 Å². The highest BCUT2D eigenvalue weighted by Crippen LogP contribution is 2.22. The van der Waals surface area contributed by atoms with E-state index in [1.165, 1.54) is 0 Å². The molecule has 0 radical (unpaired) electrons. The first-order valence-corrected chi connectivity index (χ1v) is 6.38. The highest BCUT2D eigenvalue weighted by atomic mass is 35.5. The van der Waals surface area contributed by atoms with E-state index in [4.69, 9.17) is 33.7 Å². The zero-order valence-corrected chi connectivity index (χ0v) is 11.5. The van der Waals surface area contributed by atoms with Crippen LogP contribution in [0.2, 0.25) is 10.0 Å². The molecule has 19 heavy (non-hydrogen) atoms. The van der Waals surface area contributed by atoms with Crippen molar-refractivity contribution in [3.05, 3.63) is 45.2 Å². The van der Waals surface area contributed by atoms with Crippen molar-refractivity contribution in [1.29, 1.82) is 10.5 Å². The molecule has 96 valence electrons. The highest BCUT2D eigenvalue weighted by molar-refractivity contribution is 6.34. The van der Waals surface area contributed by atoms with Crippen molar-refractivity contribution in [2.45, 2.75) is 6.54 Å². The monoisotopic (exact) mass is 292 g/mol. The molecule has 1 heterocycles. The summed E-state index contributed by atoms with van der Waals surface area (Å²) in [5, 5.41) is 22.0. The SMILES string of the molecule is N#CC(C#N)=C1NCCN1Cc1cc(Cl)cc(Cl)c1. The van der Waals surface area contributed by atoms with Gasteiger partial charge in [-0.15, -0.1) is 0 Å². The minimum Gasteiger partial charge on any atom is -0.368 e. The van der Waals surface area contributed by atoms with Gasteiger partial charge in [0.1, 0.15) is 18.0 Å². The second-order valence-electron chi connectivity index (χ2n) is 4.07. The Morgan fingerprint density at radius 2 is 1.84 bits per heavy atom. The minimum atomic E-state index is 0.0885. The van der Waals surface area contributed by atoms with Gasteiger partial charge in [-0.25, -0.2) is 0 Å². The van der Waals surface area contributed by atoms with Crippen LogP contribution in [0, 0.1) is 22.7 Å². The van der Waals surface area contributed by atoms with E-state index >= 15 is 0 Å². The first-order chi connectivity index (χ1) is 9.13. The van der Waals surface area contributed by atoms with Gasteiger partial charge < -0.3 is 10.2 Å². The lowest BCUT2D eigenvalue weighted by molar-refractivity contribution is 0.387. The van der Waals surface area contributed by atoms with E-state index in [0.717, 1.165) is 12.1 Å². The summed E-state index contributed by atoms with van der Waals surface area (Å²) in [4.78, 5) is 1.93. The number of hydrogen-bond acceptors (Lipinski definition) is 4. The summed E-state index contributed by atoms with van der Waals surface area (Å²) in [6, 6.07) is 9.10. The number of nitrogens with one attached hydrogen (secondary N) is 1. The van der Waals surface area contributed by atoms with Crippen LogP contribution in [-0.4, -0.2) is 18.0 Å². The van der Waals surface area contributed by atoms with Gasteiger partial charge >= 0.3 is 0 Å². The molecule has 0 amide bonds. The number of halogens is 2. The third kappa shape index (κ3) is 3.12. The van der Waals surface area contributed by atoms with Crippen LogP contribution in [0.4, 0.5) is 0 Å². The smallest absolute Gasteiger partial charge is 0.169 e. The van der Waals surface area contributed by atoms with Gasteiger partial charge in [0.05, 0.1) is 0 Å². The van der Waals surface area contributed by atoms with Crippen molar-refractivity contribution in [3.8, 4) is 12.1 Å².